The number of carbonyl (C=O) groups excluding carboxylic acids is 1. The minimum absolute atomic E-state index is 0.0142. The molecule has 0 saturated carbocycles. The van der Waals surface area contributed by atoms with Crippen LogP contribution in [-0.4, -0.2) is 29.2 Å². The van der Waals surface area contributed by atoms with Crippen LogP contribution < -0.4 is 14.8 Å². The lowest BCUT2D eigenvalue weighted by Crippen LogP contribution is -2.25. The standard InChI is InChI=1S/C25H24FN3O3/c1-31-22-13-6-7-14-23(22)32-16-8-15-29-21-12-5-4-11-20(21)28-24(29)17-27-25(30)18-9-2-3-10-19(18)26/h2-7,9-14H,8,15-17H2,1H3,(H,27,30). The van der Waals surface area contributed by atoms with Crippen molar-refractivity contribution in [2.24, 2.45) is 0 Å². The summed E-state index contributed by atoms with van der Waals surface area (Å²) < 4.78 is 27.2. The number of benzene rings is 3. The van der Waals surface area contributed by atoms with E-state index in [1.165, 1.54) is 12.1 Å². The van der Waals surface area contributed by atoms with Crippen molar-refractivity contribution in [3.05, 3.63) is 90.0 Å². The first-order chi connectivity index (χ1) is 15.7. The van der Waals surface area contributed by atoms with E-state index in [2.05, 4.69) is 14.9 Å². The molecule has 7 heteroatoms. The molecule has 1 N–H and O–H groups in total. The predicted molar refractivity (Wildman–Crippen MR) is 120 cm³/mol. The molecular formula is C25H24FN3O3. The van der Waals surface area contributed by atoms with Gasteiger partial charge in [-0.15, -0.1) is 0 Å². The van der Waals surface area contributed by atoms with Gasteiger partial charge in [0.05, 0.1) is 36.9 Å². The number of amides is 1. The minimum Gasteiger partial charge on any atom is -0.493 e. The first kappa shape index (κ1) is 21.4. The van der Waals surface area contributed by atoms with Crippen molar-refractivity contribution in [2.75, 3.05) is 13.7 Å². The molecule has 4 rings (SSSR count). The van der Waals surface area contributed by atoms with Gasteiger partial charge in [-0.1, -0.05) is 36.4 Å². The van der Waals surface area contributed by atoms with E-state index in [1.807, 2.05) is 48.5 Å². The number of fused-ring (bicyclic) bond motifs is 1. The second-order valence-electron chi connectivity index (χ2n) is 7.18. The number of methoxy groups -OCH3 is 1. The van der Waals surface area contributed by atoms with Crippen LogP contribution in [0.3, 0.4) is 0 Å². The second kappa shape index (κ2) is 9.96. The van der Waals surface area contributed by atoms with Gasteiger partial charge in [-0.2, -0.15) is 0 Å². The lowest BCUT2D eigenvalue weighted by molar-refractivity contribution is 0.0945. The van der Waals surface area contributed by atoms with Gasteiger partial charge >= 0.3 is 0 Å². The Bertz CT molecular complexity index is 1220. The summed E-state index contributed by atoms with van der Waals surface area (Å²) in [6, 6.07) is 21.2. The third-order valence-corrected chi connectivity index (χ3v) is 5.11. The fourth-order valence-corrected chi connectivity index (χ4v) is 3.55. The van der Waals surface area contributed by atoms with Crippen LogP contribution in [0.25, 0.3) is 11.0 Å². The molecule has 0 unspecified atom stereocenters. The number of aromatic nitrogens is 2. The third kappa shape index (κ3) is 4.72. The molecule has 0 aliphatic heterocycles. The Morgan fingerprint density at radius 2 is 1.72 bits per heavy atom. The summed E-state index contributed by atoms with van der Waals surface area (Å²) in [5.41, 5.74) is 1.83. The predicted octanol–water partition coefficient (Wildman–Crippen LogP) is 4.58. The number of hydrogen-bond acceptors (Lipinski definition) is 4. The number of imidazole rings is 1. The molecule has 32 heavy (non-hydrogen) atoms. The normalized spacial score (nSPS) is 10.8. The molecule has 0 fully saturated rings. The van der Waals surface area contributed by atoms with Crippen LogP contribution in [0.1, 0.15) is 22.6 Å². The van der Waals surface area contributed by atoms with Gasteiger partial charge < -0.3 is 19.4 Å². The van der Waals surface area contributed by atoms with Crippen molar-refractivity contribution in [3.8, 4) is 11.5 Å². The Hall–Kier alpha value is -3.87. The zero-order valence-corrected chi connectivity index (χ0v) is 17.8. The zero-order valence-electron chi connectivity index (χ0n) is 17.8. The highest BCUT2D eigenvalue weighted by Gasteiger charge is 2.14. The molecule has 1 amide bonds. The maximum Gasteiger partial charge on any atom is 0.254 e. The molecule has 0 radical (unpaired) electrons. The van der Waals surface area contributed by atoms with E-state index in [4.69, 9.17) is 9.47 Å². The van der Waals surface area contributed by atoms with Gasteiger partial charge in [0, 0.05) is 6.54 Å². The van der Waals surface area contributed by atoms with Crippen LogP contribution in [0.15, 0.2) is 72.8 Å². The second-order valence-corrected chi connectivity index (χ2v) is 7.18. The molecule has 1 aromatic heterocycles. The number of nitrogens with zero attached hydrogens (tertiary/aromatic N) is 2. The van der Waals surface area contributed by atoms with Crippen molar-refractivity contribution in [2.45, 2.75) is 19.5 Å². The lowest BCUT2D eigenvalue weighted by atomic mass is 10.2. The number of para-hydroxylation sites is 4. The number of aryl methyl sites for hydroxylation is 1. The van der Waals surface area contributed by atoms with Gasteiger partial charge in [0.15, 0.2) is 11.5 Å². The van der Waals surface area contributed by atoms with E-state index in [-0.39, 0.29) is 12.1 Å². The monoisotopic (exact) mass is 433 g/mol. The fraction of sp³-hybridized carbons (Fsp3) is 0.200. The van der Waals surface area contributed by atoms with Gasteiger partial charge in [0.25, 0.3) is 5.91 Å². The number of halogens is 1. The topological polar surface area (TPSA) is 65.4 Å². The number of carbonyl (C=O) groups is 1. The summed E-state index contributed by atoms with van der Waals surface area (Å²) in [5, 5.41) is 2.78. The number of rotatable bonds is 9. The summed E-state index contributed by atoms with van der Waals surface area (Å²) in [7, 11) is 1.61. The molecule has 3 aromatic carbocycles. The van der Waals surface area contributed by atoms with Crippen molar-refractivity contribution in [1.29, 1.82) is 0 Å². The van der Waals surface area contributed by atoms with E-state index in [9.17, 15) is 9.18 Å². The third-order valence-electron chi connectivity index (χ3n) is 5.11. The number of hydrogen-bond donors (Lipinski definition) is 1. The molecule has 4 aromatic rings. The van der Waals surface area contributed by atoms with Crippen LogP contribution in [0.4, 0.5) is 4.39 Å². The van der Waals surface area contributed by atoms with Crippen LogP contribution in [0.5, 0.6) is 11.5 Å². The summed E-state index contributed by atoms with van der Waals surface area (Å²) in [6.07, 6.45) is 0.729. The molecule has 0 atom stereocenters. The highest BCUT2D eigenvalue weighted by molar-refractivity contribution is 5.94. The van der Waals surface area contributed by atoms with Gasteiger partial charge in [-0.05, 0) is 42.8 Å². The van der Waals surface area contributed by atoms with Gasteiger partial charge in [-0.3, -0.25) is 4.79 Å². The quantitative estimate of drug-likeness (QED) is 0.392. The largest absolute Gasteiger partial charge is 0.493 e. The van der Waals surface area contributed by atoms with E-state index in [0.29, 0.717) is 30.5 Å². The molecular weight excluding hydrogens is 409 g/mol. The molecule has 0 spiro atoms. The molecule has 6 nitrogen and oxygen atoms in total. The van der Waals surface area contributed by atoms with Crippen LogP contribution in [0, 0.1) is 5.82 Å². The maximum absolute atomic E-state index is 13.9. The van der Waals surface area contributed by atoms with E-state index < -0.39 is 11.7 Å². The lowest BCUT2D eigenvalue weighted by Gasteiger charge is -2.12. The molecule has 1 heterocycles. The molecule has 0 bridgehead atoms. The Labute approximate surface area is 185 Å². The number of nitrogens with one attached hydrogen (secondary N) is 1. The maximum atomic E-state index is 13.9. The van der Waals surface area contributed by atoms with Crippen LogP contribution >= 0.6 is 0 Å². The summed E-state index contributed by atoms with van der Waals surface area (Å²) in [4.78, 5) is 17.1. The molecule has 0 aliphatic rings. The average molecular weight is 433 g/mol. The Morgan fingerprint density at radius 1 is 1.00 bits per heavy atom. The van der Waals surface area contributed by atoms with Crippen LogP contribution in [0.2, 0.25) is 0 Å². The van der Waals surface area contributed by atoms with Gasteiger partial charge in [-0.25, -0.2) is 9.37 Å². The average Bonchev–Trinajstić information content (AvgIpc) is 3.18. The minimum atomic E-state index is -0.549. The van der Waals surface area contributed by atoms with Crippen molar-refractivity contribution >= 4 is 16.9 Å². The first-order valence-electron chi connectivity index (χ1n) is 10.4. The molecule has 0 saturated heterocycles. The van der Waals surface area contributed by atoms with Gasteiger partial charge in [0.1, 0.15) is 11.6 Å². The van der Waals surface area contributed by atoms with Gasteiger partial charge in [0.2, 0.25) is 0 Å². The summed E-state index contributed by atoms with van der Waals surface area (Å²) in [6.45, 7) is 1.34. The van der Waals surface area contributed by atoms with Crippen molar-refractivity contribution in [1.82, 2.24) is 14.9 Å². The summed E-state index contributed by atoms with van der Waals surface area (Å²) >= 11 is 0. The van der Waals surface area contributed by atoms with E-state index in [1.54, 1.807) is 19.2 Å². The Kier molecular flexibility index (Phi) is 6.65. The van der Waals surface area contributed by atoms with Crippen molar-refractivity contribution in [3.63, 3.8) is 0 Å². The highest BCUT2D eigenvalue weighted by atomic mass is 19.1. The Morgan fingerprint density at radius 3 is 2.53 bits per heavy atom. The summed E-state index contributed by atoms with van der Waals surface area (Å²) in [5.74, 6) is 1.07. The van der Waals surface area contributed by atoms with Crippen molar-refractivity contribution < 1.29 is 18.7 Å². The first-order valence-corrected chi connectivity index (χ1v) is 10.4. The SMILES string of the molecule is COc1ccccc1OCCCn1c(CNC(=O)c2ccccc2F)nc2ccccc21. The highest BCUT2D eigenvalue weighted by Crippen LogP contribution is 2.26. The van der Waals surface area contributed by atoms with Crippen LogP contribution in [-0.2, 0) is 13.1 Å². The smallest absolute Gasteiger partial charge is 0.254 e. The molecule has 164 valence electrons. The fourth-order valence-electron chi connectivity index (χ4n) is 3.55. The number of ether oxygens (including phenoxy) is 2. The Balaban J connectivity index is 1.44. The zero-order chi connectivity index (χ0) is 22.3. The van der Waals surface area contributed by atoms with E-state index >= 15 is 0 Å². The van der Waals surface area contributed by atoms with E-state index in [0.717, 1.165) is 17.5 Å². The molecule has 0 aliphatic carbocycles.